The van der Waals surface area contributed by atoms with Crippen molar-refractivity contribution in [3.63, 3.8) is 0 Å². The number of methoxy groups -OCH3 is 2. The highest BCUT2D eigenvalue weighted by Crippen LogP contribution is 2.30. The van der Waals surface area contributed by atoms with Crippen LogP contribution in [0.2, 0.25) is 0 Å². The minimum atomic E-state index is 0.147. The summed E-state index contributed by atoms with van der Waals surface area (Å²) < 4.78 is 10.8. The maximum atomic E-state index is 5.47. The van der Waals surface area contributed by atoms with Gasteiger partial charge in [-0.1, -0.05) is 0 Å². The average molecular weight is 350 g/mol. The van der Waals surface area contributed by atoms with E-state index >= 15 is 0 Å². The lowest BCUT2D eigenvalue weighted by Crippen LogP contribution is -2.21. The molecule has 0 fully saturated rings. The second-order valence-electron chi connectivity index (χ2n) is 5.49. The highest BCUT2D eigenvalue weighted by Gasteiger charge is 2.14. The van der Waals surface area contributed by atoms with Crippen LogP contribution in [0.4, 0.5) is 5.13 Å². The van der Waals surface area contributed by atoms with Crippen LogP contribution in [0, 0.1) is 0 Å². The summed E-state index contributed by atoms with van der Waals surface area (Å²) in [7, 11) is 3.37. The van der Waals surface area contributed by atoms with Crippen LogP contribution in [0.5, 0.6) is 11.5 Å². The molecule has 1 heterocycles. The third-order valence-electron chi connectivity index (χ3n) is 4.06. The van der Waals surface area contributed by atoms with Crippen molar-refractivity contribution in [1.82, 2.24) is 10.3 Å². The highest BCUT2D eigenvalue weighted by molar-refractivity contribution is 7.15. The molecule has 1 aromatic heterocycles. The molecule has 6 heteroatoms. The molecule has 0 radical (unpaired) electrons. The van der Waals surface area contributed by atoms with Gasteiger partial charge in [0, 0.05) is 42.3 Å². The summed E-state index contributed by atoms with van der Waals surface area (Å²) in [6, 6.07) is 6.02. The molecule has 0 aliphatic carbocycles. The van der Waals surface area contributed by atoms with E-state index in [0.29, 0.717) is 0 Å². The van der Waals surface area contributed by atoms with E-state index in [0.717, 1.165) is 41.8 Å². The van der Waals surface area contributed by atoms with Crippen LogP contribution < -0.4 is 19.7 Å². The van der Waals surface area contributed by atoms with Gasteiger partial charge in [-0.2, -0.15) is 0 Å². The van der Waals surface area contributed by atoms with Gasteiger partial charge in [-0.25, -0.2) is 4.98 Å². The number of hydrogen-bond acceptors (Lipinski definition) is 6. The highest BCUT2D eigenvalue weighted by atomic mass is 32.1. The zero-order valence-electron chi connectivity index (χ0n) is 15.1. The summed E-state index contributed by atoms with van der Waals surface area (Å²) in [5.41, 5.74) is 1.09. The first-order chi connectivity index (χ1) is 11.6. The van der Waals surface area contributed by atoms with Gasteiger partial charge in [-0.3, -0.25) is 0 Å². The molecule has 24 heavy (non-hydrogen) atoms. The van der Waals surface area contributed by atoms with Gasteiger partial charge < -0.3 is 19.7 Å². The van der Waals surface area contributed by atoms with E-state index in [4.69, 9.17) is 9.47 Å². The summed E-state index contributed by atoms with van der Waals surface area (Å²) in [6.45, 7) is 9.17. The van der Waals surface area contributed by atoms with Crippen LogP contribution in [0.15, 0.2) is 24.4 Å². The second kappa shape index (κ2) is 8.89. The largest absolute Gasteiger partial charge is 0.497 e. The molecule has 0 bridgehead atoms. The first-order valence-electron chi connectivity index (χ1n) is 8.27. The van der Waals surface area contributed by atoms with Crippen LogP contribution in [-0.2, 0) is 6.54 Å². The fourth-order valence-electron chi connectivity index (χ4n) is 2.56. The Morgan fingerprint density at radius 1 is 1.21 bits per heavy atom. The van der Waals surface area contributed by atoms with E-state index in [2.05, 4.69) is 36.0 Å². The van der Waals surface area contributed by atoms with Crippen molar-refractivity contribution in [3.8, 4) is 11.5 Å². The van der Waals surface area contributed by atoms with Crippen molar-refractivity contribution in [2.45, 2.75) is 33.4 Å². The molecule has 2 rings (SSSR count). The van der Waals surface area contributed by atoms with Crippen molar-refractivity contribution in [3.05, 3.63) is 34.8 Å². The molecule has 1 unspecified atom stereocenters. The number of aromatic nitrogens is 1. The molecule has 1 aromatic carbocycles. The Bertz CT molecular complexity index is 641. The van der Waals surface area contributed by atoms with Crippen LogP contribution in [0.25, 0.3) is 0 Å². The lowest BCUT2D eigenvalue weighted by atomic mass is 10.1. The summed E-state index contributed by atoms with van der Waals surface area (Å²) in [5, 5.41) is 4.63. The minimum Gasteiger partial charge on any atom is -0.497 e. The molecule has 0 saturated heterocycles. The maximum Gasteiger partial charge on any atom is 0.185 e. The standard InChI is InChI=1S/C18H27N3O2S/c1-6-21(7-2)18-20-12-15(24-18)11-19-13(3)16-10-14(22-4)8-9-17(16)23-5/h8-10,12-13,19H,6-7,11H2,1-5H3. The van der Waals surface area contributed by atoms with E-state index in [9.17, 15) is 0 Å². The maximum absolute atomic E-state index is 5.47. The van der Waals surface area contributed by atoms with Crippen LogP contribution in [-0.4, -0.2) is 32.3 Å². The van der Waals surface area contributed by atoms with Crippen LogP contribution in [0.3, 0.4) is 0 Å². The molecule has 132 valence electrons. The van der Waals surface area contributed by atoms with Gasteiger partial charge in [-0.15, -0.1) is 11.3 Å². The fraction of sp³-hybridized carbons (Fsp3) is 0.500. The lowest BCUT2D eigenvalue weighted by Gasteiger charge is -2.18. The molecule has 0 spiro atoms. The normalized spacial score (nSPS) is 12.0. The molecule has 0 saturated carbocycles. The van der Waals surface area contributed by atoms with Gasteiger partial charge >= 0.3 is 0 Å². The molecule has 1 atom stereocenters. The number of benzene rings is 1. The van der Waals surface area contributed by atoms with Crippen LogP contribution >= 0.6 is 11.3 Å². The Labute approximate surface area is 148 Å². The van der Waals surface area contributed by atoms with Crippen LogP contribution in [0.1, 0.15) is 37.3 Å². The molecule has 5 nitrogen and oxygen atoms in total. The SMILES string of the molecule is CCN(CC)c1ncc(CNC(C)c2cc(OC)ccc2OC)s1. The monoisotopic (exact) mass is 349 g/mol. The third-order valence-corrected chi connectivity index (χ3v) is 5.12. The summed E-state index contributed by atoms with van der Waals surface area (Å²) >= 11 is 1.74. The first-order valence-corrected chi connectivity index (χ1v) is 9.09. The average Bonchev–Trinajstić information content (AvgIpc) is 3.09. The van der Waals surface area contributed by atoms with Gasteiger partial charge in [0.15, 0.2) is 5.13 Å². The van der Waals surface area contributed by atoms with E-state index in [1.54, 1.807) is 25.6 Å². The predicted molar refractivity (Wildman–Crippen MR) is 100 cm³/mol. The van der Waals surface area contributed by atoms with Gasteiger partial charge in [0.05, 0.1) is 14.2 Å². The number of thiazole rings is 1. The Hall–Kier alpha value is -1.79. The van der Waals surface area contributed by atoms with E-state index in [-0.39, 0.29) is 6.04 Å². The lowest BCUT2D eigenvalue weighted by molar-refractivity contribution is 0.391. The number of anilines is 1. The van der Waals surface area contributed by atoms with Gasteiger partial charge in [0.2, 0.25) is 0 Å². The zero-order chi connectivity index (χ0) is 17.5. The van der Waals surface area contributed by atoms with Gasteiger partial charge in [0.1, 0.15) is 11.5 Å². The number of nitrogens with one attached hydrogen (secondary N) is 1. The number of hydrogen-bond donors (Lipinski definition) is 1. The van der Waals surface area contributed by atoms with E-state index in [1.807, 2.05) is 24.4 Å². The number of nitrogens with zero attached hydrogens (tertiary/aromatic N) is 2. The molecule has 1 N–H and O–H groups in total. The number of ether oxygens (including phenoxy) is 2. The topological polar surface area (TPSA) is 46.6 Å². The zero-order valence-corrected chi connectivity index (χ0v) is 15.9. The van der Waals surface area contributed by atoms with Crippen molar-refractivity contribution in [2.24, 2.45) is 0 Å². The third kappa shape index (κ3) is 4.39. The molecule has 0 aliphatic rings. The predicted octanol–water partition coefficient (Wildman–Crippen LogP) is 3.86. The summed E-state index contributed by atoms with van der Waals surface area (Å²) in [4.78, 5) is 8.02. The molecule has 0 aliphatic heterocycles. The van der Waals surface area contributed by atoms with Crippen molar-refractivity contribution in [1.29, 1.82) is 0 Å². The van der Waals surface area contributed by atoms with Gasteiger partial charge in [-0.05, 0) is 39.0 Å². The number of rotatable bonds is 9. The molecule has 2 aromatic rings. The van der Waals surface area contributed by atoms with Gasteiger partial charge in [0.25, 0.3) is 0 Å². The van der Waals surface area contributed by atoms with Crippen molar-refractivity contribution in [2.75, 3.05) is 32.2 Å². The smallest absolute Gasteiger partial charge is 0.185 e. The Kier molecular flexibility index (Phi) is 6.87. The Balaban J connectivity index is 2.04. The minimum absolute atomic E-state index is 0.147. The Morgan fingerprint density at radius 2 is 1.96 bits per heavy atom. The van der Waals surface area contributed by atoms with Crippen molar-refractivity contribution < 1.29 is 9.47 Å². The van der Waals surface area contributed by atoms with E-state index in [1.165, 1.54) is 4.88 Å². The molecular formula is C18H27N3O2S. The molecule has 0 amide bonds. The van der Waals surface area contributed by atoms with Crippen molar-refractivity contribution >= 4 is 16.5 Å². The Morgan fingerprint density at radius 3 is 2.58 bits per heavy atom. The summed E-state index contributed by atoms with van der Waals surface area (Å²) in [6.07, 6.45) is 1.96. The molecular weight excluding hydrogens is 322 g/mol. The fourth-order valence-corrected chi connectivity index (χ4v) is 3.55. The van der Waals surface area contributed by atoms with E-state index < -0.39 is 0 Å². The first kappa shape index (κ1) is 18.5. The second-order valence-corrected chi connectivity index (χ2v) is 6.59. The summed E-state index contributed by atoms with van der Waals surface area (Å²) in [5.74, 6) is 1.70. The quantitative estimate of drug-likeness (QED) is 0.745.